The smallest absolute Gasteiger partial charge is 0.244 e. The number of anilines is 1. The molecule has 3 fully saturated rings. The van der Waals surface area contributed by atoms with Crippen LogP contribution < -0.4 is 10.6 Å². The first-order valence-corrected chi connectivity index (χ1v) is 12.4. The Morgan fingerprint density at radius 3 is 2.62 bits per heavy atom. The summed E-state index contributed by atoms with van der Waals surface area (Å²) in [6, 6.07) is 8.69. The Morgan fingerprint density at radius 2 is 1.94 bits per heavy atom. The molecule has 174 valence electrons. The molecule has 3 aliphatic rings. The summed E-state index contributed by atoms with van der Waals surface area (Å²) in [7, 11) is 0. The Hall–Kier alpha value is -2.06. The van der Waals surface area contributed by atoms with E-state index in [0.717, 1.165) is 25.7 Å². The quantitative estimate of drug-likeness (QED) is 0.493. The molecular formula is C24H33N3O4S. The second-order valence-electron chi connectivity index (χ2n) is 9.34. The summed E-state index contributed by atoms with van der Waals surface area (Å²) in [6.07, 6.45) is 3.80. The van der Waals surface area contributed by atoms with E-state index < -0.39 is 22.6 Å². The molecule has 5 atom stereocenters. The van der Waals surface area contributed by atoms with Gasteiger partial charge in [0, 0.05) is 30.1 Å². The maximum atomic E-state index is 13.7. The highest BCUT2D eigenvalue weighted by atomic mass is 32.2. The number of benzene rings is 1. The van der Waals surface area contributed by atoms with Crippen LogP contribution in [0.5, 0.6) is 0 Å². The molecule has 0 aliphatic carbocycles. The fraction of sp³-hybridized carbons (Fsp3) is 0.625. The maximum Gasteiger partial charge on any atom is 0.244 e. The number of fused-ring (bicyclic) bond motifs is 1. The summed E-state index contributed by atoms with van der Waals surface area (Å²) in [6.45, 7) is 4.99. The number of aliphatic hydroxyl groups excluding tert-OH is 1. The largest absolute Gasteiger partial charge is 0.396 e. The van der Waals surface area contributed by atoms with Crippen molar-refractivity contribution in [3.8, 4) is 0 Å². The molecule has 3 heterocycles. The zero-order valence-electron chi connectivity index (χ0n) is 18.8. The van der Waals surface area contributed by atoms with Crippen LogP contribution in [0.2, 0.25) is 0 Å². The zero-order chi connectivity index (χ0) is 22.9. The molecule has 32 heavy (non-hydrogen) atoms. The minimum atomic E-state index is -0.607. The van der Waals surface area contributed by atoms with Gasteiger partial charge in [0.15, 0.2) is 0 Å². The van der Waals surface area contributed by atoms with Crippen molar-refractivity contribution in [3.05, 3.63) is 30.3 Å². The Balaban J connectivity index is 1.66. The number of aliphatic hydroxyl groups is 1. The predicted molar refractivity (Wildman–Crippen MR) is 125 cm³/mol. The number of hydrogen-bond acceptors (Lipinski definition) is 5. The van der Waals surface area contributed by atoms with Gasteiger partial charge in [-0.05, 0) is 44.7 Å². The van der Waals surface area contributed by atoms with Crippen LogP contribution in [-0.2, 0) is 14.4 Å². The number of nitrogens with zero attached hydrogens (tertiary/aromatic N) is 1. The first kappa shape index (κ1) is 23.1. The number of carbonyl (C=O) groups excluding carboxylic acids is 3. The van der Waals surface area contributed by atoms with Crippen LogP contribution in [0.1, 0.15) is 46.0 Å². The molecule has 1 spiro atoms. The highest BCUT2D eigenvalue weighted by Gasteiger charge is 2.76. The molecule has 2 bridgehead atoms. The van der Waals surface area contributed by atoms with Crippen molar-refractivity contribution in [1.82, 2.24) is 10.2 Å². The van der Waals surface area contributed by atoms with E-state index in [1.807, 2.05) is 30.3 Å². The molecule has 0 radical (unpaired) electrons. The molecule has 3 saturated heterocycles. The number of likely N-dealkylation sites (tertiary alicyclic amines) is 1. The molecule has 8 heteroatoms. The number of amides is 3. The van der Waals surface area contributed by atoms with E-state index in [0.29, 0.717) is 25.2 Å². The van der Waals surface area contributed by atoms with E-state index in [9.17, 15) is 19.5 Å². The Bertz CT molecular complexity index is 881. The van der Waals surface area contributed by atoms with Gasteiger partial charge in [-0.25, -0.2) is 0 Å². The van der Waals surface area contributed by atoms with Gasteiger partial charge in [-0.15, -0.1) is 11.8 Å². The van der Waals surface area contributed by atoms with Crippen LogP contribution in [0.25, 0.3) is 0 Å². The summed E-state index contributed by atoms with van der Waals surface area (Å²) in [4.78, 5) is 42.2. The van der Waals surface area contributed by atoms with Crippen molar-refractivity contribution in [2.45, 2.75) is 61.5 Å². The summed E-state index contributed by atoms with van der Waals surface area (Å²) in [5.74, 6) is -1.44. The number of para-hydroxylation sites is 1. The number of hydrogen-bond donors (Lipinski definition) is 3. The number of unbranched alkanes of at least 4 members (excludes halogenated alkanes) is 1. The van der Waals surface area contributed by atoms with E-state index in [-0.39, 0.29) is 29.1 Å². The fourth-order valence-corrected chi connectivity index (χ4v) is 8.19. The summed E-state index contributed by atoms with van der Waals surface area (Å²) in [5, 5.41) is 15.4. The third kappa shape index (κ3) is 3.71. The van der Waals surface area contributed by atoms with Gasteiger partial charge in [-0.2, -0.15) is 0 Å². The summed E-state index contributed by atoms with van der Waals surface area (Å²) >= 11 is 1.67. The van der Waals surface area contributed by atoms with Gasteiger partial charge >= 0.3 is 0 Å². The van der Waals surface area contributed by atoms with E-state index in [2.05, 4.69) is 24.5 Å². The monoisotopic (exact) mass is 459 g/mol. The molecule has 3 aliphatic heterocycles. The highest BCUT2D eigenvalue weighted by molar-refractivity contribution is 8.02. The average molecular weight is 460 g/mol. The molecule has 1 aromatic rings. The zero-order valence-corrected chi connectivity index (χ0v) is 19.6. The molecule has 4 rings (SSSR count). The van der Waals surface area contributed by atoms with Gasteiger partial charge in [-0.1, -0.05) is 31.5 Å². The Labute approximate surface area is 193 Å². The van der Waals surface area contributed by atoms with Gasteiger partial charge < -0.3 is 20.6 Å². The lowest BCUT2D eigenvalue weighted by Crippen LogP contribution is -2.54. The third-order valence-corrected chi connectivity index (χ3v) is 9.22. The number of nitrogens with one attached hydrogen (secondary N) is 2. The SMILES string of the molecule is CCCCNC(=O)C1N(CCCO)C(=O)[C@@H]2[C@@H](C(=O)Nc3ccccc3)[C@@]3(C)CCC12S3. The molecule has 2 unspecified atom stereocenters. The topological polar surface area (TPSA) is 98.7 Å². The standard InChI is InChI=1S/C24H33N3O4S/c1-3-4-13-25-21(30)19-24-12-11-23(2,32-24)17(18(24)22(31)27(19)14-8-15-28)20(29)26-16-9-6-5-7-10-16/h5-7,9-10,17-19,28H,3-4,8,11-15H2,1-2H3,(H,25,30)(H,26,29)/t17-,18-,19?,23+,24?/m0/s1. The fourth-order valence-electron chi connectivity index (χ4n) is 5.84. The second-order valence-corrected chi connectivity index (χ2v) is 11.2. The van der Waals surface area contributed by atoms with Gasteiger partial charge in [0.25, 0.3) is 0 Å². The van der Waals surface area contributed by atoms with Crippen molar-refractivity contribution in [2.75, 3.05) is 25.0 Å². The second kappa shape index (κ2) is 9.06. The molecular weight excluding hydrogens is 426 g/mol. The first-order valence-electron chi connectivity index (χ1n) is 11.6. The van der Waals surface area contributed by atoms with Gasteiger partial charge in [-0.3, -0.25) is 14.4 Å². The number of rotatable bonds is 9. The minimum absolute atomic E-state index is 0.0472. The van der Waals surface area contributed by atoms with Crippen molar-refractivity contribution < 1.29 is 19.5 Å². The molecule has 3 N–H and O–H groups in total. The number of thioether (sulfide) groups is 1. The van der Waals surface area contributed by atoms with Crippen molar-refractivity contribution in [2.24, 2.45) is 11.8 Å². The van der Waals surface area contributed by atoms with Crippen LogP contribution in [0.4, 0.5) is 5.69 Å². The average Bonchev–Trinajstić information content (AvgIpc) is 3.34. The van der Waals surface area contributed by atoms with Gasteiger partial charge in [0.1, 0.15) is 6.04 Å². The Kier molecular flexibility index (Phi) is 6.54. The lowest BCUT2D eigenvalue weighted by atomic mass is 9.66. The van der Waals surface area contributed by atoms with E-state index in [4.69, 9.17) is 0 Å². The molecule has 0 saturated carbocycles. The van der Waals surface area contributed by atoms with Crippen LogP contribution in [-0.4, -0.2) is 63.0 Å². The molecule has 7 nitrogen and oxygen atoms in total. The minimum Gasteiger partial charge on any atom is -0.396 e. The molecule has 1 aromatic carbocycles. The van der Waals surface area contributed by atoms with Crippen molar-refractivity contribution >= 4 is 35.2 Å². The molecule has 3 amide bonds. The Morgan fingerprint density at radius 1 is 1.19 bits per heavy atom. The van der Waals surface area contributed by atoms with E-state index >= 15 is 0 Å². The summed E-state index contributed by atoms with van der Waals surface area (Å²) in [5.41, 5.74) is 0.708. The lowest BCUT2D eigenvalue weighted by molar-refractivity contribution is -0.139. The van der Waals surface area contributed by atoms with Crippen LogP contribution in [0.15, 0.2) is 30.3 Å². The van der Waals surface area contributed by atoms with Crippen LogP contribution in [0, 0.1) is 11.8 Å². The van der Waals surface area contributed by atoms with Gasteiger partial charge in [0.2, 0.25) is 17.7 Å². The van der Waals surface area contributed by atoms with Crippen LogP contribution >= 0.6 is 11.8 Å². The van der Waals surface area contributed by atoms with E-state index in [1.165, 1.54) is 0 Å². The highest BCUT2D eigenvalue weighted by Crippen LogP contribution is 2.71. The lowest BCUT2D eigenvalue weighted by Gasteiger charge is -2.34. The first-order chi connectivity index (χ1) is 15.4. The summed E-state index contributed by atoms with van der Waals surface area (Å²) < 4.78 is -0.986. The van der Waals surface area contributed by atoms with E-state index in [1.54, 1.807) is 16.7 Å². The third-order valence-electron chi connectivity index (χ3n) is 7.24. The van der Waals surface area contributed by atoms with Crippen molar-refractivity contribution in [3.63, 3.8) is 0 Å². The normalized spacial score (nSPS) is 32.8. The van der Waals surface area contributed by atoms with Crippen LogP contribution in [0.3, 0.4) is 0 Å². The van der Waals surface area contributed by atoms with Gasteiger partial charge in [0.05, 0.1) is 16.6 Å². The maximum absolute atomic E-state index is 13.7. The predicted octanol–water partition coefficient (Wildman–Crippen LogP) is 2.41. The number of carbonyl (C=O) groups is 3. The van der Waals surface area contributed by atoms with Crippen molar-refractivity contribution in [1.29, 1.82) is 0 Å². The molecule has 0 aromatic heterocycles.